The van der Waals surface area contributed by atoms with E-state index in [0.717, 1.165) is 12.7 Å². The number of phosphoric ester groups is 1. The van der Waals surface area contributed by atoms with Gasteiger partial charge < -0.3 is 40.4 Å². The summed E-state index contributed by atoms with van der Waals surface area (Å²) in [6.07, 6.45) is -10.3. The zero-order valence-corrected chi connectivity index (χ0v) is 29.5. The van der Waals surface area contributed by atoms with Crippen molar-refractivity contribution in [2.24, 2.45) is 0 Å². The number of aliphatic hydroxyl groups is 1. The van der Waals surface area contributed by atoms with Crippen molar-refractivity contribution in [1.29, 1.82) is 0 Å². The van der Waals surface area contributed by atoms with Gasteiger partial charge in [-0.3, -0.25) is 27.2 Å². The number of anilines is 2. The van der Waals surface area contributed by atoms with Gasteiger partial charge in [0.15, 0.2) is 47.5 Å². The second kappa shape index (κ2) is 14.3. The van der Waals surface area contributed by atoms with E-state index in [-0.39, 0.29) is 34.0 Å². The molecule has 0 spiro atoms. The first-order valence-corrected chi connectivity index (χ1v) is 19.9. The second-order valence-electron chi connectivity index (χ2n) is 11.7. The van der Waals surface area contributed by atoms with Crippen LogP contribution in [0.1, 0.15) is 26.3 Å². The zero-order valence-electron chi connectivity index (χ0n) is 26.9. The minimum Gasteiger partial charge on any atom is -0.432 e. The van der Waals surface area contributed by atoms with Crippen LogP contribution in [0.3, 0.4) is 0 Å². The largest absolute Gasteiger partial charge is 0.509 e. The predicted octanol–water partition coefficient (Wildman–Crippen LogP) is 1.60. The predicted molar refractivity (Wildman–Crippen MR) is 172 cm³/mol. The van der Waals surface area contributed by atoms with Gasteiger partial charge in [0.1, 0.15) is 54.2 Å². The zero-order chi connectivity index (χ0) is 36.9. The van der Waals surface area contributed by atoms with Crippen LogP contribution in [-0.2, 0) is 46.2 Å². The summed E-state index contributed by atoms with van der Waals surface area (Å²) in [5.74, 6) is -0.626. The molecule has 3 aliphatic rings. The number of phosphoric acid groups is 1. The first kappa shape index (κ1) is 36.7. The third-order valence-electron chi connectivity index (χ3n) is 7.93. The standard InChI is InChI=1S/C25H31FN10O13P2S/c1-10(2)45-25(38)42-9-52-51(41)44-4-12-17(13(26)23(47-12)35-7-33-14-19(27)29-5-31-21(14)35)48-50(39,40)43-3-11-16(37)18(49-51)24(46-11)36-8-34-15-20(28)30-6-32-22(15)36/h5-8,10-13,16-18,23-24,37H,3-4,9H2,1-2H3,(H,39,40)(H2,27,29,31)(H2,28,30,32). The molecule has 27 heteroatoms. The first-order chi connectivity index (χ1) is 24.7. The van der Waals surface area contributed by atoms with E-state index >= 15 is 4.39 Å². The number of ether oxygens (including phenoxy) is 4. The lowest BCUT2D eigenvalue weighted by Gasteiger charge is -2.27. The van der Waals surface area contributed by atoms with Crippen molar-refractivity contribution in [2.75, 3.05) is 30.6 Å². The number of nitrogen functional groups attached to an aromatic ring is 2. The van der Waals surface area contributed by atoms with Crippen molar-refractivity contribution >= 4 is 66.1 Å². The van der Waals surface area contributed by atoms with Crippen LogP contribution >= 0.6 is 26.0 Å². The van der Waals surface area contributed by atoms with E-state index in [9.17, 15) is 23.9 Å². The minimum absolute atomic E-state index is 0.000826. The van der Waals surface area contributed by atoms with Crippen molar-refractivity contribution in [3.05, 3.63) is 25.3 Å². The van der Waals surface area contributed by atoms with E-state index < -0.39 is 95.2 Å². The molecule has 4 aromatic rings. The molecule has 23 nitrogen and oxygen atoms in total. The van der Waals surface area contributed by atoms with Crippen LogP contribution in [-0.4, -0.2) is 117 Å². The van der Waals surface area contributed by atoms with Gasteiger partial charge in [0, 0.05) is 11.4 Å². The third kappa shape index (κ3) is 7.18. The monoisotopic (exact) mass is 792 g/mol. The Morgan fingerprint density at radius 2 is 1.54 bits per heavy atom. The Kier molecular flexibility index (Phi) is 10.1. The Bertz CT molecular complexity index is 2060. The summed E-state index contributed by atoms with van der Waals surface area (Å²) in [7, 11) is -5.16. The molecule has 0 radical (unpaired) electrons. The van der Waals surface area contributed by atoms with Gasteiger partial charge in [0.25, 0.3) is 0 Å². The quantitative estimate of drug-likeness (QED) is 0.122. The van der Waals surface area contributed by atoms with Gasteiger partial charge in [-0.2, -0.15) is 0 Å². The Hall–Kier alpha value is -3.61. The van der Waals surface area contributed by atoms with E-state index in [1.165, 1.54) is 21.8 Å². The maximum atomic E-state index is 16.2. The molecule has 6 N–H and O–H groups in total. The molecule has 3 aliphatic heterocycles. The van der Waals surface area contributed by atoms with Crippen LogP contribution in [0.25, 0.3) is 22.3 Å². The molecule has 3 fully saturated rings. The third-order valence-corrected chi connectivity index (χ3v) is 12.3. The highest BCUT2D eigenvalue weighted by molar-refractivity contribution is 8.55. The lowest BCUT2D eigenvalue weighted by molar-refractivity contribution is -0.0619. The van der Waals surface area contributed by atoms with Gasteiger partial charge in [-0.15, -0.1) is 0 Å². The number of alkyl halides is 1. The average Bonchev–Trinajstić information content (AvgIpc) is 3.84. The molecule has 0 aliphatic carbocycles. The number of nitrogens with zero attached hydrogens (tertiary/aromatic N) is 8. The molecule has 10 atom stereocenters. The van der Waals surface area contributed by atoms with Crippen LogP contribution < -0.4 is 11.5 Å². The topological polar surface area (TPSA) is 305 Å². The van der Waals surface area contributed by atoms with Crippen LogP contribution in [0, 0.1) is 0 Å². The number of hydrogen-bond donors (Lipinski definition) is 4. The number of aliphatic hydroxyl groups excluding tert-OH is 1. The fraction of sp³-hybridized carbons (Fsp3) is 0.560. The highest BCUT2D eigenvalue weighted by atomic mass is 32.7. The van der Waals surface area contributed by atoms with E-state index in [2.05, 4.69) is 29.9 Å². The summed E-state index contributed by atoms with van der Waals surface area (Å²) in [6, 6.07) is 0. The maximum Gasteiger partial charge on any atom is 0.509 e. The fourth-order valence-corrected chi connectivity index (χ4v) is 9.33. The Balaban J connectivity index is 1.22. The SMILES string of the molecule is CC(C)OC(=O)OCSP1(=O)OCC2OC(n3cnc4c(N)ncnc43)C(F)C2OP(=O)(O)OCC2OC(n3cnc4c(N)ncnc43)C(O1)C2O. The number of carbonyl (C=O) groups is 1. The number of fused-ring (bicyclic) bond motifs is 5. The summed E-state index contributed by atoms with van der Waals surface area (Å²) in [4.78, 5) is 47.1. The highest BCUT2D eigenvalue weighted by Gasteiger charge is 2.55. The first-order valence-electron chi connectivity index (χ1n) is 15.3. The van der Waals surface area contributed by atoms with Crippen molar-refractivity contribution in [3.8, 4) is 0 Å². The molecule has 7 rings (SSSR count). The number of imidazole rings is 2. The van der Waals surface area contributed by atoms with Crippen LogP contribution in [0.15, 0.2) is 25.3 Å². The molecule has 7 heterocycles. The number of carbonyl (C=O) groups excluding carboxylic acids is 1. The number of halogens is 1. The van der Waals surface area contributed by atoms with Crippen LogP contribution in [0.5, 0.6) is 0 Å². The minimum atomic E-state index is -5.16. The van der Waals surface area contributed by atoms with Crippen LogP contribution in [0.2, 0.25) is 0 Å². The number of aromatic nitrogens is 8. The summed E-state index contributed by atoms with van der Waals surface area (Å²) in [6.45, 7) is -3.06. The summed E-state index contributed by atoms with van der Waals surface area (Å²) < 4.78 is 90.6. The number of hydrogen-bond acceptors (Lipinski definition) is 21. The van der Waals surface area contributed by atoms with Gasteiger partial charge in [-0.1, -0.05) is 0 Å². The molecule has 0 amide bonds. The van der Waals surface area contributed by atoms with Gasteiger partial charge in [-0.25, -0.2) is 48.2 Å². The molecule has 0 saturated carbocycles. The molecule has 10 unspecified atom stereocenters. The van der Waals surface area contributed by atoms with E-state index in [1.807, 2.05) is 0 Å². The smallest absolute Gasteiger partial charge is 0.432 e. The fourth-order valence-electron chi connectivity index (χ4n) is 5.61. The molecule has 0 aromatic carbocycles. The number of rotatable bonds is 6. The van der Waals surface area contributed by atoms with Gasteiger partial charge in [-0.05, 0) is 13.8 Å². The summed E-state index contributed by atoms with van der Waals surface area (Å²) in [5, 5.41) is 11.4. The molecule has 52 heavy (non-hydrogen) atoms. The van der Waals surface area contributed by atoms with E-state index in [4.69, 9.17) is 48.5 Å². The van der Waals surface area contributed by atoms with E-state index in [0.29, 0.717) is 11.4 Å². The lowest BCUT2D eigenvalue weighted by Crippen LogP contribution is -2.35. The number of nitrogens with two attached hydrogens (primary N) is 2. The Morgan fingerprint density at radius 3 is 2.17 bits per heavy atom. The second-order valence-corrected chi connectivity index (χ2v) is 17.1. The maximum absolute atomic E-state index is 16.2. The average molecular weight is 793 g/mol. The summed E-state index contributed by atoms with van der Waals surface area (Å²) in [5.41, 5.74) is 12.3. The van der Waals surface area contributed by atoms with Gasteiger partial charge in [0.2, 0.25) is 0 Å². The lowest BCUT2D eigenvalue weighted by atomic mass is 10.1. The Morgan fingerprint density at radius 1 is 0.942 bits per heavy atom. The van der Waals surface area contributed by atoms with Crippen LogP contribution in [0.4, 0.5) is 20.8 Å². The van der Waals surface area contributed by atoms with Crippen molar-refractivity contribution in [2.45, 2.75) is 69.1 Å². The molecule has 3 saturated heterocycles. The van der Waals surface area contributed by atoms with Crippen molar-refractivity contribution in [3.63, 3.8) is 0 Å². The molecule has 4 aromatic heterocycles. The molecule has 2 bridgehead atoms. The molecular formula is C25H31FN10O13P2S. The van der Waals surface area contributed by atoms with Crippen molar-refractivity contribution < 1.29 is 65.4 Å². The van der Waals surface area contributed by atoms with E-state index in [1.54, 1.807) is 13.8 Å². The highest BCUT2D eigenvalue weighted by Crippen LogP contribution is 2.64. The van der Waals surface area contributed by atoms with Gasteiger partial charge in [0.05, 0.1) is 32.0 Å². The van der Waals surface area contributed by atoms with Crippen molar-refractivity contribution in [1.82, 2.24) is 39.0 Å². The normalized spacial score (nSPS) is 34.1. The Labute approximate surface area is 295 Å². The summed E-state index contributed by atoms with van der Waals surface area (Å²) >= 11 is 0.372. The van der Waals surface area contributed by atoms with Gasteiger partial charge >= 0.3 is 20.8 Å². The molecule has 282 valence electrons. The molecular weight excluding hydrogens is 761 g/mol.